The third kappa shape index (κ3) is 2.44. The number of nitriles is 1. The predicted octanol–water partition coefficient (Wildman–Crippen LogP) is 1.51. The van der Waals surface area contributed by atoms with E-state index in [1.807, 2.05) is 11.6 Å². The van der Waals surface area contributed by atoms with Crippen LogP contribution in [0.5, 0.6) is 0 Å². The number of imidazole rings is 1. The number of hydrogen-bond donors (Lipinski definition) is 0. The predicted molar refractivity (Wildman–Crippen MR) is 88.1 cm³/mol. The number of ether oxygens (including phenoxy) is 1. The Morgan fingerprint density at radius 1 is 1.26 bits per heavy atom. The van der Waals surface area contributed by atoms with Crippen LogP contribution in [0, 0.1) is 11.2 Å². The lowest BCUT2D eigenvalue weighted by Crippen LogP contribution is -2.37. The van der Waals surface area contributed by atoms with E-state index in [0.717, 1.165) is 48.5 Å². The molecule has 0 saturated carbocycles. The second kappa shape index (κ2) is 5.66. The second-order valence-electron chi connectivity index (χ2n) is 6.11. The zero-order chi connectivity index (χ0) is 16.0. The number of anilines is 1. The zero-order valence-corrected chi connectivity index (χ0v) is 13.6. The van der Waals surface area contributed by atoms with Gasteiger partial charge in [0.2, 0.25) is 5.28 Å². The Morgan fingerprint density at radius 3 is 2.70 bits per heavy atom. The van der Waals surface area contributed by atoms with Gasteiger partial charge in [-0.05, 0) is 11.6 Å². The van der Waals surface area contributed by atoms with Crippen LogP contribution in [-0.2, 0) is 11.8 Å². The van der Waals surface area contributed by atoms with Crippen molar-refractivity contribution in [1.82, 2.24) is 19.5 Å². The first kappa shape index (κ1) is 14.7. The quantitative estimate of drug-likeness (QED) is 0.613. The number of aromatic nitrogens is 4. The van der Waals surface area contributed by atoms with Gasteiger partial charge in [0.05, 0.1) is 13.2 Å². The van der Waals surface area contributed by atoms with E-state index in [-0.39, 0.29) is 12.0 Å². The molecule has 0 atom stereocenters. The molecule has 4 heterocycles. The molecule has 0 aliphatic carbocycles. The van der Waals surface area contributed by atoms with E-state index in [2.05, 4.69) is 20.8 Å². The highest BCUT2D eigenvalue weighted by molar-refractivity contribution is 6.70. The number of hydrogen-bond acceptors (Lipinski definition) is 6. The van der Waals surface area contributed by atoms with Gasteiger partial charge in [-0.3, -0.25) is 0 Å². The Morgan fingerprint density at radius 2 is 2.00 bits per heavy atom. The van der Waals surface area contributed by atoms with Crippen LogP contribution in [0.25, 0.3) is 11.2 Å². The van der Waals surface area contributed by atoms with Gasteiger partial charge in [-0.1, -0.05) is 12.6 Å². The molecule has 0 N–H and O–H groups in total. The Labute approximate surface area is 139 Å². The maximum Gasteiger partial charge on any atom is 0.269 e. The second-order valence-corrected chi connectivity index (χ2v) is 6.45. The van der Waals surface area contributed by atoms with Crippen LogP contribution in [-0.4, -0.2) is 52.5 Å². The van der Waals surface area contributed by atoms with Gasteiger partial charge in [0.25, 0.3) is 6.71 Å². The first-order chi connectivity index (χ1) is 11.2. The summed E-state index contributed by atoms with van der Waals surface area (Å²) in [4.78, 5) is 15.7. The van der Waals surface area contributed by atoms with Crippen LogP contribution in [0.1, 0.15) is 11.7 Å². The summed E-state index contributed by atoms with van der Waals surface area (Å²) in [5.74, 6) is 4.38. The summed E-state index contributed by atoms with van der Waals surface area (Å²) in [5, 5.41) is 9.21. The molecular formula is C14H16BClN6O. The Balaban J connectivity index is 1.77. The number of nitrogens with zero attached hydrogens (tertiary/aromatic N) is 6. The molecule has 0 amide bonds. The van der Waals surface area contributed by atoms with Gasteiger partial charge in [-0.2, -0.15) is 9.97 Å². The standard InChI is InChI=1S/C14H16BClN6O/c1-21-11(9-6-15(7-9)8-17)18-10-12(21)19-14(16)20-13(10)22-2-4-23-5-3-22/h9H,2-7H2,1H3. The first-order valence-corrected chi connectivity index (χ1v) is 8.17. The molecule has 2 aromatic heterocycles. The van der Waals surface area contributed by atoms with Crippen LogP contribution < -0.4 is 4.90 Å². The Hall–Kier alpha value is -1.85. The lowest BCUT2D eigenvalue weighted by Gasteiger charge is -2.27. The third-order valence-electron chi connectivity index (χ3n) is 4.70. The van der Waals surface area contributed by atoms with E-state index in [1.54, 1.807) is 0 Å². The number of fused-ring (bicyclic) bond motifs is 1. The summed E-state index contributed by atoms with van der Waals surface area (Å²) in [6.07, 6.45) is 1.73. The minimum Gasteiger partial charge on any atom is -0.378 e. The number of halogens is 1. The van der Waals surface area contributed by atoms with Gasteiger partial charge in [0.1, 0.15) is 5.82 Å². The van der Waals surface area contributed by atoms with Gasteiger partial charge in [-0.25, -0.2) is 10.2 Å². The molecule has 2 aromatic rings. The molecular weight excluding hydrogens is 314 g/mol. The Bertz CT molecular complexity index is 791. The van der Waals surface area contributed by atoms with Gasteiger partial charge < -0.3 is 14.2 Å². The van der Waals surface area contributed by atoms with Crippen molar-refractivity contribution in [1.29, 1.82) is 5.26 Å². The minimum absolute atomic E-state index is 0.146. The average molecular weight is 331 g/mol. The molecule has 0 spiro atoms. The number of morpholine rings is 1. The zero-order valence-electron chi connectivity index (χ0n) is 12.9. The summed E-state index contributed by atoms with van der Waals surface area (Å²) in [5.41, 5.74) is 1.54. The fourth-order valence-electron chi connectivity index (χ4n) is 3.33. The van der Waals surface area contributed by atoms with Gasteiger partial charge in [-0.15, -0.1) is 0 Å². The van der Waals surface area contributed by atoms with E-state index >= 15 is 0 Å². The molecule has 0 unspecified atom stereocenters. The molecule has 0 bridgehead atoms. The van der Waals surface area contributed by atoms with E-state index in [9.17, 15) is 0 Å². The Kier molecular flexibility index (Phi) is 3.62. The van der Waals surface area contributed by atoms with Crippen LogP contribution in [0.2, 0.25) is 17.9 Å². The monoisotopic (exact) mass is 330 g/mol. The van der Waals surface area contributed by atoms with Crippen molar-refractivity contribution >= 4 is 35.3 Å². The summed E-state index contributed by atoms with van der Waals surface area (Å²) in [6, 6.07) is 0. The normalized spacial score (nSPS) is 19.0. The van der Waals surface area contributed by atoms with E-state index < -0.39 is 0 Å². The van der Waals surface area contributed by atoms with Crippen molar-refractivity contribution in [2.75, 3.05) is 31.2 Å². The lowest BCUT2D eigenvalue weighted by atomic mass is 9.32. The molecule has 2 aliphatic rings. The topological polar surface area (TPSA) is 79.9 Å². The molecule has 118 valence electrons. The summed E-state index contributed by atoms with van der Waals surface area (Å²) in [6.45, 7) is 3.04. The van der Waals surface area contributed by atoms with Crippen LogP contribution >= 0.6 is 11.6 Å². The van der Waals surface area contributed by atoms with Gasteiger partial charge >= 0.3 is 0 Å². The molecule has 9 heteroatoms. The van der Waals surface area contributed by atoms with E-state index in [1.165, 1.54) is 0 Å². The molecule has 7 nitrogen and oxygen atoms in total. The molecule has 0 aromatic carbocycles. The van der Waals surface area contributed by atoms with E-state index in [0.29, 0.717) is 19.1 Å². The van der Waals surface area contributed by atoms with Gasteiger partial charge in [0, 0.05) is 32.0 Å². The van der Waals surface area contributed by atoms with Crippen molar-refractivity contribution in [3.63, 3.8) is 0 Å². The molecule has 2 aliphatic heterocycles. The third-order valence-corrected chi connectivity index (χ3v) is 4.87. The smallest absolute Gasteiger partial charge is 0.269 e. The van der Waals surface area contributed by atoms with Crippen molar-refractivity contribution < 1.29 is 4.74 Å². The number of aryl methyl sites for hydroxylation is 1. The summed E-state index contributed by atoms with van der Waals surface area (Å²) >= 11 is 6.13. The maximum absolute atomic E-state index is 8.97. The molecule has 2 saturated heterocycles. The van der Waals surface area contributed by atoms with E-state index in [4.69, 9.17) is 26.6 Å². The highest BCUT2D eigenvalue weighted by Gasteiger charge is 2.37. The minimum atomic E-state index is 0.146. The van der Waals surface area contributed by atoms with Crippen molar-refractivity contribution in [3.8, 4) is 5.97 Å². The number of rotatable bonds is 2. The summed E-state index contributed by atoms with van der Waals surface area (Å²) in [7, 11) is 1.96. The lowest BCUT2D eigenvalue weighted by molar-refractivity contribution is 0.122. The SMILES string of the molecule is Cn1c(C2CB(C#N)C2)nc2c(N3CCOCC3)nc(Cl)nc21. The van der Waals surface area contributed by atoms with Crippen molar-refractivity contribution in [2.45, 2.75) is 18.6 Å². The van der Waals surface area contributed by atoms with Crippen LogP contribution in [0.4, 0.5) is 5.82 Å². The highest BCUT2D eigenvalue weighted by Crippen LogP contribution is 2.39. The molecule has 0 radical (unpaired) electrons. The molecule has 23 heavy (non-hydrogen) atoms. The van der Waals surface area contributed by atoms with Crippen molar-refractivity contribution in [2.24, 2.45) is 7.05 Å². The summed E-state index contributed by atoms with van der Waals surface area (Å²) < 4.78 is 7.40. The maximum atomic E-state index is 8.97. The fourth-order valence-corrected chi connectivity index (χ4v) is 3.49. The molecule has 4 rings (SSSR count). The fraction of sp³-hybridized carbons (Fsp3) is 0.571. The van der Waals surface area contributed by atoms with Crippen molar-refractivity contribution in [3.05, 3.63) is 11.1 Å². The van der Waals surface area contributed by atoms with Gasteiger partial charge in [0.15, 0.2) is 17.0 Å². The largest absolute Gasteiger partial charge is 0.378 e. The average Bonchev–Trinajstić information content (AvgIpc) is 2.84. The first-order valence-electron chi connectivity index (χ1n) is 7.79. The molecule has 2 fully saturated rings. The highest BCUT2D eigenvalue weighted by atomic mass is 35.5. The van der Waals surface area contributed by atoms with Crippen LogP contribution in [0.15, 0.2) is 0 Å². The van der Waals surface area contributed by atoms with Crippen LogP contribution in [0.3, 0.4) is 0 Å².